The summed E-state index contributed by atoms with van der Waals surface area (Å²) in [4.78, 5) is 34.6. The molecule has 0 aliphatic heterocycles. The number of nitrogens with one attached hydrogen (secondary N) is 2. The van der Waals surface area contributed by atoms with Crippen molar-refractivity contribution in [2.24, 2.45) is 5.92 Å². The number of hydrogen-bond acceptors (Lipinski definition) is 6. The van der Waals surface area contributed by atoms with Gasteiger partial charge in [0.2, 0.25) is 5.95 Å². The fraction of sp³-hybridized carbons (Fsp3) is 0.294. The second kappa shape index (κ2) is 6.76. The molecule has 0 saturated carbocycles. The van der Waals surface area contributed by atoms with Crippen molar-refractivity contribution in [1.29, 1.82) is 0 Å². The highest BCUT2D eigenvalue weighted by atomic mass is 16.4. The number of carboxylic acid groups (broad SMARTS) is 1. The summed E-state index contributed by atoms with van der Waals surface area (Å²) >= 11 is 0. The Hall–Kier alpha value is -3.16. The zero-order chi connectivity index (χ0) is 18.0. The first-order valence-corrected chi connectivity index (χ1v) is 7.92. The van der Waals surface area contributed by atoms with E-state index in [1.165, 1.54) is 0 Å². The van der Waals surface area contributed by atoms with Crippen LogP contribution in [0.5, 0.6) is 0 Å². The Bertz CT molecular complexity index is 946. The number of imidazole rings is 1. The Morgan fingerprint density at radius 1 is 1.32 bits per heavy atom. The molecule has 0 aliphatic rings. The van der Waals surface area contributed by atoms with Gasteiger partial charge in [-0.05, 0) is 11.5 Å². The van der Waals surface area contributed by atoms with Crippen molar-refractivity contribution < 1.29 is 9.90 Å². The average molecular weight is 340 g/mol. The molecular weight excluding hydrogens is 322 g/mol. The first-order chi connectivity index (χ1) is 12.0. The molecule has 2 heterocycles. The molecule has 0 unspecified atom stereocenters. The predicted molar refractivity (Wildman–Crippen MR) is 90.9 cm³/mol. The van der Waals surface area contributed by atoms with Crippen LogP contribution in [0.3, 0.4) is 0 Å². The quantitative estimate of drug-likeness (QED) is 0.669. The van der Waals surface area contributed by atoms with Crippen molar-refractivity contribution in [1.82, 2.24) is 19.5 Å². The molecule has 2 N–H and O–H groups in total. The molecule has 0 amide bonds. The summed E-state index contributed by atoms with van der Waals surface area (Å²) in [5, 5.41) is 13.9. The number of aromatic nitrogens is 4. The predicted octanol–water partition coefficient (Wildman–Crippen LogP) is 0.354. The molecule has 130 valence electrons. The molecule has 8 nitrogen and oxygen atoms in total. The lowest BCUT2D eigenvalue weighted by Crippen LogP contribution is -2.44. The van der Waals surface area contributed by atoms with Crippen LogP contribution in [0, 0.1) is 5.92 Å². The molecule has 25 heavy (non-hydrogen) atoms. The van der Waals surface area contributed by atoms with Crippen molar-refractivity contribution in [3.8, 4) is 0 Å². The number of hydrogen-bond donors (Lipinski definition) is 2. The van der Waals surface area contributed by atoms with E-state index < -0.39 is 12.0 Å². The lowest BCUT2D eigenvalue weighted by molar-refractivity contribution is -0.307. The second-order valence-electron chi connectivity index (χ2n) is 6.13. The van der Waals surface area contributed by atoms with Crippen LogP contribution in [0.15, 0.2) is 41.5 Å². The van der Waals surface area contributed by atoms with Crippen LogP contribution in [0.2, 0.25) is 0 Å². The highest BCUT2D eigenvalue weighted by Crippen LogP contribution is 2.12. The van der Waals surface area contributed by atoms with Crippen molar-refractivity contribution in [2.45, 2.75) is 26.4 Å². The van der Waals surface area contributed by atoms with E-state index in [1.54, 1.807) is 24.7 Å². The van der Waals surface area contributed by atoms with E-state index in [2.05, 4.69) is 20.3 Å². The zero-order valence-electron chi connectivity index (χ0n) is 13.9. The number of aliphatic carboxylic acids is 1. The summed E-state index contributed by atoms with van der Waals surface area (Å²) in [6.45, 7) is 3.96. The highest BCUT2D eigenvalue weighted by Gasteiger charge is 2.17. The maximum Gasteiger partial charge on any atom is 0.278 e. The fourth-order valence-electron chi connectivity index (χ4n) is 2.60. The summed E-state index contributed by atoms with van der Waals surface area (Å²) in [7, 11) is 0. The van der Waals surface area contributed by atoms with Crippen LogP contribution in [0.1, 0.15) is 19.4 Å². The molecule has 0 fully saturated rings. The van der Waals surface area contributed by atoms with Crippen LogP contribution in [-0.4, -0.2) is 31.5 Å². The van der Waals surface area contributed by atoms with Gasteiger partial charge >= 0.3 is 0 Å². The number of H-pyrrole nitrogens is 1. The molecule has 0 radical (unpaired) electrons. The topological polar surface area (TPSA) is 116 Å². The summed E-state index contributed by atoms with van der Waals surface area (Å²) in [5.74, 6) is -1.43. The second-order valence-corrected chi connectivity index (χ2v) is 6.13. The highest BCUT2D eigenvalue weighted by molar-refractivity contribution is 5.76. The van der Waals surface area contributed by atoms with Crippen LogP contribution in [0.25, 0.3) is 11.2 Å². The first-order valence-electron chi connectivity index (χ1n) is 7.92. The third-order valence-electron chi connectivity index (χ3n) is 3.89. The standard InChI is InChI=1S/C17H19N5O3/c1-10(2)12(16(24)25)19-17-20-14-13(15(23)21-17)22(9-18-14)8-11-6-4-3-5-7-11/h3-7,9-10,12H,8H2,1-2H3,(H,24,25)(H2,19,20,21,23)/p-1/t12-/m1/s1. The van der Waals surface area contributed by atoms with E-state index in [4.69, 9.17) is 0 Å². The number of rotatable bonds is 6. The monoisotopic (exact) mass is 340 g/mol. The van der Waals surface area contributed by atoms with Crippen molar-refractivity contribution >= 4 is 23.1 Å². The Kier molecular flexibility index (Phi) is 4.51. The Morgan fingerprint density at radius 3 is 2.68 bits per heavy atom. The largest absolute Gasteiger partial charge is 0.548 e. The summed E-state index contributed by atoms with van der Waals surface area (Å²) in [6, 6.07) is 8.71. The van der Waals surface area contributed by atoms with Gasteiger partial charge in [-0.3, -0.25) is 9.78 Å². The van der Waals surface area contributed by atoms with Gasteiger partial charge in [0.15, 0.2) is 11.2 Å². The summed E-state index contributed by atoms with van der Waals surface area (Å²) in [6.07, 6.45) is 1.54. The number of carboxylic acids is 1. The molecule has 1 aromatic carbocycles. The van der Waals surface area contributed by atoms with E-state index in [0.29, 0.717) is 12.1 Å². The van der Waals surface area contributed by atoms with Crippen molar-refractivity contribution in [3.05, 3.63) is 52.6 Å². The summed E-state index contributed by atoms with van der Waals surface area (Å²) in [5.41, 5.74) is 1.23. The van der Waals surface area contributed by atoms with Gasteiger partial charge in [0.1, 0.15) is 0 Å². The Balaban J connectivity index is 1.94. The Labute approximate surface area is 143 Å². The van der Waals surface area contributed by atoms with Gasteiger partial charge in [0, 0.05) is 6.54 Å². The van der Waals surface area contributed by atoms with E-state index in [-0.39, 0.29) is 23.1 Å². The molecular formula is C17H18N5O3-. The maximum atomic E-state index is 12.4. The minimum absolute atomic E-state index is 0.0605. The SMILES string of the molecule is CC(C)[C@@H](Nc1nc2ncn(Cc3ccccc3)c2c(=O)[nH]1)C(=O)[O-]. The van der Waals surface area contributed by atoms with Crippen LogP contribution in [-0.2, 0) is 11.3 Å². The smallest absolute Gasteiger partial charge is 0.278 e. The number of aromatic amines is 1. The van der Waals surface area contributed by atoms with Gasteiger partial charge in [-0.1, -0.05) is 44.2 Å². The molecule has 0 saturated heterocycles. The number of fused-ring (bicyclic) bond motifs is 1. The number of anilines is 1. The molecule has 0 spiro atoms. The normalized spacial score (nSPS) is 12.4. The minimum atomic E-state index is -1.26. The molecule has 3 rings (SSSR count). The van der Waals surface area contributed by atoms with E-state index in [9.17, 15) is 14.7 Å². The third kappa shape index (κ3) is 3.52. The van der Waals surface area contributed by atoms with Gasteiger partial charge in [-0.15, -0.1) is 0 Å². The Morgan fingerprint density at radius 2 is 2.04 bits per heavy atom. The first kappa shape index (κ1) is 16.7. The van der Waals surface area contributed by atoms with E-state index >= 15 is 0 Å². The molecule has 0 aliphatic carbocycles. The van der Waals surface area contributed by atoms with E-state index in [0.717, 1.165) is 5.56 Å². The zero-order valence-corrected chi connectivity index (χ0v) is 13.9. The number of benzene rings is 1. The molecule has 8 heteroatoms. The average Bonchev–Trinajstić information content (AvgIpc) is 2.96. The maximum absolute atomic E-state index is 12.4. The third-order valence-corrected chi connectivity index (χ3v) is 3.89. The van der Waals surface area contributed by atoms with Gasteiger partial charge in [-0.25, -0.2) is 4.98 Å². The van der Waals surface area contributed by atoms with Crippen molar-refractivity contribution in [2.75, 3.05) is 5.32 Å². The van der Waals surface area contributed by atoms with Crippen LogP contribution in [0.4, 0.5) is 5.95 Å². The van der Waals surface area contributed by atoms with Gasteiger partial charge in [0.05, 0.1) is 18.3 Å². The number of nitrogens with zero attached hydrogens (tertiary/aromatic N) is 3. The molecule has 1 atom stereocenters. The van der Waals surface area contributed by atoms with Crippen LogP contribution < -0.4 is 16.0 Å². The number of carbonyl (C=O) groups is 1. The van der Waals surface area contributed by atoms with Gasteiger partial charge in [0.25, 0.3) is 5.56 Å². The molecule has 3 aromatic rings. The lowest BCUT2D eigenvalue weighted by Gasteiger charge is -2.23. The molecule has 2 aromatic heterocycles. The minimum Gasteiger partial charge on any atom is -0.548 e. The van der Waals surface area contributed by atoms with Crippen LogP contribution >= 0.6 is 0 Å². The summed E-state index contributed by atoms with van der Waals surface area (Å²) < 4.78 is 1.71. The van der Waals surface area contributed by atoms with Crippen molar-refractivity contribution in [3.63, 3.8) is 0 Å². The fourth-order valence-corrected chi connectivity index (χ4v) is 2.60. The van der Waals surface area contributed by atoms with Gasteiger partial charge in [-0.2, -0.15) is 4.98 Å². The lowest BCUT2D eigenvalue weighted by atomic mass is 10.1. The number of carbonyl (C=O) groups excluding carboxylic acids is 1. The van der Waals surface area contributed by atoms with E-state index in [1.807, 2.05) is 30.3 Å². The molecule has 0 bridgehead atoms. The van der Waals surface area contributed by atoms with Gasteiger partial charge < -0.3 is 19.8 Å².